The molecule has 1 saturated heterocycles. The van der Waals surface area contributed by atoms with Gasteiger partial charge in [-0.1, -0.05) is 20.8 Å². The van der Waals surface area contributed by atoms with E-state index in [1.165, 1.54) is 0 Å². The molecule has 1 N–H and O–H groups in total. The predicted octanol–water partition coefficient (Wildman–Crippen LogP) is 0.870. The van der Waals surface area contributed by atoms with Crippen LogP contribution in [0.5, 0.6) is 0 Å². The van der Waals surface area contributed by atoms with E-state index in [0.717, 1.165) is 32.7 Å². The van der Waals surface area contributed by atoms with Crippen LogP contribution < -0.4 is 4.90 Å². The summed E-state index contributed by atoms with van der Waals surface area (Å²) in [5, 5.41) is 13.4. The Balaban J connectivity index is 1.93. The van der Waals surface area contributed by atoms with Crippen molar-refractivity contribution in [3.05, 3.63) is 5.89 Å². The maximum atomic E-state index is 9.39. The summed E-state index contributed by atoms with van der Waals surface area (Å²) >= 11 is 0. The van der Waals surface area contributed by atoms with Crippen molar-refractivity contribution >= 4 is 5.95 Å². The first kappa shape index (κ1) is 14.3. The lowest BCUT2D eigenvalue weighted by atomic mass is 9.97. The molecule has 0 aliphatic carbocycles. The molecule has 108 valence electrons. The fraction of sp³-hybridized carbons (Fsp3) is 0.846. The molecule has 19 heavy (non-hydrogen) atoms. The fourth-order valence-corrected chi connectivity index (χ4v) is 2.15. The van der Waals surface area contributed by atoms with Crippen molar-refractivity contribution < 1.29 is 9.63 Å². The summed E-state index contributed by atoms with van der Waals surface area (Å²) < 4.78 is 5.32. The number of anilines is 1. The molecule has 2 heterocycles. The molecular formula is C13H24N4O2. The van der Waals surface area contributed by atoms with Gasteiger partial charge >= 0.3 is 0 Å². The number of piperazine rings is 1. The minimum absolute atomic E-state index is 0.112. The van der Waals surface area contributed by atoms with E-state index in [0.29, 0.717) is 11.8 Å². The Bertz CT molecular complexity index is 403. The number of aliphatic hydroxyl groups excluding tert-OH is 1. The van der Waals surface area contributed by atoms with Crippen molar-refractivity contribution in [3.8, 4) is 0 Å². The third-order valence-corrected chi connectivity index (χ3v) is 3.23. The van der Waals surface area contributed by atoms with Crippen LogP contribution in [0.25, 0.3) is 0 Å². The lowest BCUT2D eigenvalue weighted by molar-refractivity contribution is 0.122. The topological polar surface area (TPSA) is 65.6 Å². The van der Waals surface area contributed by atoms with Crippen molar-refractivity contribution in [1.29, 1.82) is 0 Å². The maximum absolute atomic E-state index is 9.39. The Kier molecular flexibility index (Phi) is 4.10. The van der Waals surface area contributed by atoms with E-state index in [9.17, 15) is 5.11 Å². The molecule has 0 saturated carbocycles. The maximum Gasteiger partial charge on any atom is 0.266 e. The first-order valence-corrected chi connectivity index (χ1v) is 6.86. The summed E-state index contributed by atoms with van der Waals surface area (Å²) in [5.74, 6) is 1.36. The lowest BCUT2D eigenvalue weighted by Crippen LogP contribution is -2.48. The SMILES string of the molecule is C[C@@H](O)CN1CCN(c2noc(C(C)(C)C)n2)CC1. The highest BCUT2D eigenvalue weighted by Crippen LogP contribution is 2.22. The molecule has 1 aromatic rings. The Morgan fingerprint density at radius 2 is 1.89 bits per heavy atom. The van der Waals surface area contributed by atoms with E-state index >= 15 is 0 Å². The standard InChI is InChI=1S/C13H24N4O2/c1-10(18)9-16-5-7-17(8-6-16)12-14-11(19-15-12)13(2,3)4/h10,18H,5-9H2,1-4H3/t10-/m1/s1. The van der Waals surface area contributed by atoms with Gasteiger partial charge in [-0.15, -0.1) is 0 Å². The highest BCUT2D eigenvalue weighted by molar-refractivity contribution is 5.29. The normalized spacial score (nSPS) is 19.7. The van der Waals surface area contributed by atoms with Crippen LogP contribution in [0.1, 0.15) is 33.6 Å². The molecule has 6 heteroatoms. The van der Waals surface area contributed by atoms with Crippen LogP contribution in [0.3, 0.4) is 0 Å². The average Bonchev–Trinajstić information content (AvgIpc) is 2.78. The second-order valence-electron chi connectivity index (χ2n) is 6.29. The molecule has 1 aliphatic rings. The summed E-state index contributed by atoms with van der Waals surface area (Å²) in [5.41, 5.74) is -0.112. The first-order chi connectivity index (χ1) is 8.86. The van der Waals surface area contributed by atoms with Crippen LogP contribution in [0, 0.1) is 0 Å². The summed E-state index contributed by atoms with van der Waals surface area (Å²) in [6.07, 6.45) is -0.274. The number of aromatic nitrogens is 2. The molecule has 2 rings (SSSR count). The van der Waals surface area contributed by atoms with Gasteiger partial charge in [0.25, 0.3) is 5.95 Å². The second kappa shape index (κ2) is 5.46. The zero-order valence-corrected chi connectivity index (χ0v) is 12.3. The van der Waals surface area contributed by atoms with Gasteiger partial charge in [0.1, 0.15) is 0 Å². The number of hydrogen-bond donors (Lipinski definition) is 1. The Morgan fingerprint density at radius 1 is 1.26 bits per heavy atom. The summed E-state index contributed by atoms with van der Waals surface area (Å²) in [7, 11) is 0. The minimum atomic E-state index is -0.274. The van der Waals surface area contributed by atoms with Crippen molar-refractivity contribution in [2.75, 3.05) is 37.6 Å². The van der Waals surface area contributed by atoms with Crippen molar-refractivity contribution in [3.63, 3.8) is 0 Å². The summed E-state index contributed by atoms with van der Waals surface area (Å²) in [4.78, 5) is 8.86. The Labute approximate surface area is 114 Å². The molecule has 6 nitrogen and oxygen atoms in total. The third-order valence-electron chi connectivity index (χ3n) is 3.23. The van der Waals surface area contributed by atoms with E-state index in [1.807, 2.05) is 6.92 Å². The molecule has 0 radical (unpaired) electrons. The van der Waals surface area contributed by atoms with E-state index in [1.54, 1.807) is 0 Å². The predicted molar refractivity (Wildman–Crippen MR) is 73.3 cm³/mol. The molecule has 0 unspecified atom stereocenters. The van der Waals surface area contributed by atoms with E-state index < -0.39 is 0 Å². The van der Waals surface area contributed by atoms with Gasteiger partial charge in [-0.05, 0) is 12.1 Å². The molecule has 0 bridgehead atoms. The van der Waals surface area contributed by atoms with E-state index in [-0.39, 0.29) is 11.5 Å². The fourth-order valence-electron chi connectivity index (χ4n) is 2.15. The number of nitrogens with zero attached hydrogens (tertiary/aromatic N) is 4. The van der Waals surface area contributed by atoms with Crippen LogP contribution in [0.15, 0.2) is 4.52 Å². The highest BCUT2D eigenvalue weighted by atomic mass is 16.5. The van der Waals surface area contributed by atoms with Gasteiger partial charge in [0.2, 0.25) is 5.89 Å². The van der Waals surface area contributed by atoms with Crippen LogP contribution in [-0.2, 0) is 5.41 Å². The molecule has 1 fully saturated rings. The molecule has 0 amide bonds. The van der Waals surface area contributed by atoms with Crippen LogP contribution in [0.4, 0.5) is 5.95 Å². The molecule has 0 spiro atoms. The molecule has 1 aromatic heterocycles. The smallest absolute Gasteiger partial charge is 0.266 e. The van der Waals surface area contributed by atoms with Gasteiger partial charge in [0, 0.05) is 38.1 Å². The van der Waals surface area contributed by atoms with Crippen molar-refractivity contribution in [1.82, 2.24) is 15.0 Å². The van der Waals surface area contributed by atoms with Crippen LogP contribution in [-0.4, -0.2) is 59.0 Å². The molecular weight excluding hydrogens is 244 g/mol. The van der Waals surface area contributed by atoms with Gasteiger partial charge in [-0.25, -0.2) is 0 Å². The average molecular weight is 268 g/mol. The van der Waals surface area contributed by atoms with Crippen LogP contribution in [0.2, 0.25) is 0 Å². The van der Waals surface area contributed by atoms with E-state index in [2.05, 4.69) is 40.7 Å². The number of hydrogen-bond acceptors (Lipinski definition) is 6. The summed E-state index contributed by atoms with van der Waals surface area (Å²) in [6.45, 7) is 12.3. The van der Waals surface area contributed by atoms with Crippen LogP contribution >= 0.6 is 0 Å². The Morgan fingerprint density at radius 3 is 2.37 bits per heavy atom. The largest absolute Gasteiger partial charge is 0.392 e. The van der Waals surface area contributed by atoms with Gasteiger partial charge in [-0.2, -0.15) is 4.98 Å². The number of β-amino-alcohol motifs (C(OH)–C–C–N with tert-alkyl or cyclic N) is 1. The zero-order valence-electron chi connectivity index (χ0n) is 12.3. The van der Waals surface area contributed by atoms with E-state index in [4.69, 9.17) is 4.52 Å². The number of aliphatic hydroxyl groups is 1. The second-order valence-corrected chi connectivity index (χ2v) is 6.29. The van der Waals surface area contributed by atoms with Gasteiger partial charge in [0.15, 0.2) is 0 Å². The van der Waals surface area contributed by atoms with Gasteiger partial charge < -0.3 is 14.5 Å². The minimum Gasteiger partial charge on any atom is -0.392 e. The first-order valence-electron chi connectivity index (χ1n) is 6.86. The summed E-state index contributed by atoms with van der Waals surface area (Å²) in [6, 6.07) is 0. The molecule has 1 atom stereocenters. The van der Waals surface area contributed by atoms with Crippen molar-refractivity contribution in [2.24, 2.45) is 0 Å². The number of rotatable bonds is 3. The third kappa shape index (κ3) is 3.67. The van der Waals surface area contributed by atoms with Gasteiger partial charge in [0.05, 0.1) is 6.10 Å². The van der Waals surface area contributed by atoms with Gasteiger partial charge in [-0.3, -0.25) is 4.90 Å². The Hall–Kier alpha value is -1.14. The molecule has 0 aromatic carbocycles. The van der Waals surface area contributed by atoms with Crippen molar-refractivity contribution in [2.45, 2.75) is 39.2 Å². The molecule has 1 aliphatic heterocycles. The quantitative estimate of drug-likeness (QED) is 0.877. The zero-order chi connectivity index (χ0) is 14.0. The monoisotopic (exact) mass is 268 g/mol. The lowest BCUT2D eigenvalue weighted by Gasteiger charge is -2.34. The highest BCUT2D eigenvalue weighted by Gasteiger charge is 2.25.